The Balaban J connectivity index is 1.95. The molecule has 3 nitrogen and oxygen atoms in total. The Morgan fingerprint density at radius 2 is 2.00 bits per heavy atom. The first-order valence-electron chi connectivity index (χ1n) is 6.87. The summed E-state index contributed by atoms with van der Waals surface area (Å²) < 4.78 is 0. The van der Waals surface area contributed by atoms with E-state index in [1.807, 2.05) is 36.4 Å². The number of azo groups is 1. The van der Waals surface area contributed by atoms with Crippen molar-refractivity contribution in [3.63, 3.8) is 0 Å². The van der Waals surface area contributed by atoms with Gasteiger partial charge in [-0.25, -0.2) is 0 Å². The van der Waals surface area contributed by atoms with E-state index in [-0.39, 0.29) is 5.54 Å². The largest absolute Gasteiger partial charge is 0.322 e. The minimum Gasteiger partial charge on any atom is -0.322 e. The lowest BCUT2D eigenvalue weighted by Crippen LogP contribution is -2.38. The van der Waals surface area contributed by atoms with E-state index < -0.39 is 0 Å². The van der Waals surface area contributed by atoms with Crippen LogP contribution in [-0.4, -0.2) is 5.54 Å². The highest BCUT2D eigenvalue weighted by Gasteiger charge is 2.22. The molecule has 0 aromatic heterocycles. The van der Waals surface area contributed by atoms with Crippen LogP contribution in [0.4, 0.5) is 5.69 Å². The summed E-state index contributed by atoms with van der Waals surface area (Å²) in [5.74, 6) is 0. The van der Waals surface area contributed by atoms with Crippen LogP contribution in [0.25, 0.3) is 0 Å². The van der Waals surface area contributed by atoms with Crippen LogP contribution in [0.2, 0.25) is 0 Å². The average Bonchev–Trinajstić information content (AvgIpc) is 2.46. The van der Waals surface area contributed by atoms with Gasteiger partial charge in [0, 0.05) is 5.54 Å². The minimum absolute atomic E-state index is 0.193. The lowest BCUT2D eigenvalue weighted by molar-refractivity contribution is 0.465. The fraction of sp³-hybridized carbons (Fsp3) is 0.375. The molecule has 0 saturated carbocycles. The predicted molar refractivity (Wildman–Crippen MR) is 79.2 cm³/mol. The average molecular weight is 255 g/mol. The van der Waals surface area contributed by atoms with Crippen molar-refractivity contribution in [2.45, 2.75) is 38.1 Å². The Hall–Kier alpha value is -1.74. The molecular formula is C16H21N3. The van der Waals surface area contributed by atoms with Gasteiger partial charge in [0.25, 0.3) is 0 Å². The van der Waals surface area contributed by atoms with Crippen LogP contribution in [0.5, 0.6) is 0 Å². The molecule has 1 unspecified atom stereocenters. The van der Waals surface area contributed by atoms with Gasteiger partial charge in [-0.2, -0.15) is 10.2 Å². The van der Waals surface area contributed by atoms with Crippen LogP contribution in [-0.2, 0) is 0 Å². The van der Waals surface area contributed by atoms with Gasteiger partial charge in [0.05, 0.1) is 11.4 Å². The molecule has 1 aromatic rings. The standard InChI is InChI=1S/C16H21N3/c1-2-3-11-16(17)12-9-15(10-13-16)19-18-14-7-5-4-6-8-14/h4-10,12H,2-3,11,13,17H2,1H3. The number of rotatable bonds is 5. The van der Waals surface area contributed by atoms with Gasteiger partial charge in [-0.05, 0) is 31.1 Å². The molecule has 0 aliphatic heterocycles. The van der Waals surface area contributed by atoms with Gasteiger partial charge in [-0.3, -0.25) is 0 Å². The van der Waals surface area contributed by atoms with E-state index in [9.17, 15) is 0 Å². The van der Waals surface area contributed by atoms with Crippen LogP contribution < -0.4 is 5.73 Å². The van der Waals surface area contributed by atoms with Crippen molar-refractivity contribution >= 4 is 5.69 Å². The van der Waals surface area contributed by atoms with Gasteiger partial charge in [0.2, 0.25) is 0 Å². The normalized spacial score (nSPS) is 22.7. The molecule has 1 aliphatic rings. The van der Waals surface area contributed by atoms with Crippen molar-refractivity contribution in [2.75, 3.05) is 0 Å². The zero-order valence-electron chi connectivity index (χ0n) is 11.4. The van der Waals surface area contributed by atoms with Crippen molar-refractivity contribution in [1.82, 2.24) is 0 Å². The molecule has 1 atom stereocenters. The maximum atomic E-state index is 6.31. The lowest BCUT2D eigenvalue weighted by atomic mass is 9.86. The van der Waals surface area contributed by atoms with Crippen molar-refractivity contribution < 1.29 is 0 Å². The van der Waals surface area contributed by atoms with E-state index in [4.69, 9.17) is 5.73 Å². The molecule has 2 N–H and O–H groups in total. The second-order valence-corrected chi connectivity index (χ2v) is 5.04. The summed E-state index contributed by atoms with van der Waals surface area (Å²) >= 11 is 0. The molecule has 0 fully saturated rings. The van der Waals surface area contributed by atoms with Crippen molar-refractivity contribution in [3.05, 3.63) is 54.3 Å². The Morgan fingerprint density at radius 3 is 2.63 bits per heavy atom. The molecule has 0 saturated heterocycles. The quantitative estimate of drug-likeness (QED) is 0.774. The Labute approximate surface area is 114 Å². The summed E-state index contributed by atoms with van der Waals surface area (Å²) in [7, 11) is 0. The molecule has 0 heterocycles. The second-order valence-electron chi connectivity index (χ2n) is 5.04. The summed E-state index contributed by atoms with van der Waals surface area (Å²) in [4.78, 5) is 0. The Bertz CT molecular complexity index is 488. The van der Waals surface area contributed by atoms with Gasteiger partial charge in [-0.1, -0.05) is 50.1 Å². The molecule has 0 spiro atoms. The Kier molecular flexibility index (Phi) is 4.63. The number of hydrogen-bond acceptors (Lipinski definition) is 3. The van der Waals surface area contributed by atoms with Crippen molar-refractivity contribution in [2.24, 2.45) is 16.0 Å². The first kappa shape index (κ1) is 13.7. The highest BCUT2D eigenvalue weighted by Crippen LogP contribution is 2.25. The number of unbranched alkanes of at least 4 members (excludes halogenated alkanes) is 1. The number of nitrogens with zero attached hydrogens (tertiary/aromatic N) is 2. The first-order chi connectivity index (χ1) is 9.22. The van der Waals surface area contributed by atoms with Crippen LogP contribution in [0.3, 0.4) is 0 Å². The maximum Gasteiger partial charge on any atom is 0.0857 e. The number of benzene rings is 1. The minimum atomic E-state index is -0.193. The van der Waals surface area contributed by atoms with Gasteiger partial charge in [0.1, 0.15) is 0 Å². The van der Waals surface area contributed by atoms with Gasteiger partial charge >= 0.3 is 0 Å². The number of nitrogens with two attached hydrogens (primary N) is 1. The van der Waals surface area contributed by atoms with Crippen molar-refractivity contribution in [1.29, 1.82) is 0 Å². The fourth-order valence-electron chi connectivity index (χ4n) is 2.06. The molecule has 0 bridgehead atoms. The molecule has 2 rings (SSSR count). The molecule has 0 radical (unpaired) electrons. The monoisotopic (exact) mass is 255 g/mol. The number of allylic oxidation sites excluding steroid dienone is 1. The van der Waals surface area contributed by atoms with E-state index in [0.29, 0.717) is 0 Å². The Morgan fingerprint density at radius 1 is 1.21 bits per heavy atom. The van der Waals surface area contributed by atoms with E-state index in [2.05, 4.69) is 29.3 Å². The molecule has 1 aromatic carbocycles. The van der Waals surface area contributed by atoms with E-state index in [0.717, 1.165) is 30.6 Å². The van der Waals surface area contributed by atoms with Gasteiger partial charge in [-0.15, -0.1) is 0 Å². The summed E-state index contributed by atoms with van der Waals surface area (Å²) in [5.41, 5.74) is 7.88. The highest BCUT2D eigenvalue weighted by atomic mass is 15.1. The summed E-state index contributed by atoms with van der Waals surface area (Å²) in [6, 6.07) is 9.75. The third-order valence-corrected chi connectivity index (χ3v) is 3.31. The summed E-state index contributed by atoms with van der Waals surface area (Å²) in [6.45, 7) is 2.19. The maximum absolute atomic E-state index is 6.31. The third-order valence-electron chi connectivity index (χ3n) is 3.31. The molecule has 3 heteroatoms. The van der Waals surface area contributed by atoms with Gasteiger partial charge in [0.15, 0.2) is 0 Å². The highest BCUT2D eigenvalue weighted by molar-refractivity contribution is 5.36. The molecule has 0 amide bonds. The third kappa shape index (κ3) is 4.14. The zero-order chi connectivity index (χ0) is 13.6. The topological polar surface area (TPSA) is 50.7 Å². The van der Waals surface area contributed by atoms with Crippen molar-refractivity contribution in [3.8, 4) is 0 Å². The molecular weight excluding hydrogens is 234 g/mol. The van der Waals surface area contributed by atoms with Crippen LogP contribution in [0.15, 0.2) is 64.5 Å². The van der Waals surface area contributed by atoms with E-state index in [1.165, 1.54) is 6.42 Å². The predicted octanol–water partition coefficient (Wildman–Crippen LogP) is 4.50. The fourth-order valence-corrected chi connectivity index (χ4v) is 2.06. The molecule has 19 heavy (non-hydrogen) atoms. The smallest absolute Gasteiger partial charge is 0.0857 e. The zero-order valence-corrected chi connectivity index (χ0v) is 11.4. The second kappa shape index (κ2) is 6.43. The first-order valence-corrected chi connectivity index (χ1v) is 6.87. The van der Waals surface area contributed by atoms with E-state index in [1.54, 1.807) is 0 Å². The van der Waals surface area contributed by atoms with Gasteiger partial charge < -0.3 is 5.73 Å². The van der Waals surface area contributed by atoms with Crippen LogP contribution in [0, 0.1) is 0 Å². The summed E-state index contributed by atoms with van der Waals surface area (Å²) in [5, 5.41) is 8.45. The van der Waals surface area contributed by atoms with Crippen LogP contribution in [0.1, 0.15) is 32.6 Å². The lowest BCUT2D eigenvalue weighted by Gasteiger charge is -2.26. The molecule has 100 valence electrons. The summed E-state index contributed by atoms with van der Waals surface area (Å²) in [6.07, 6.45) is 10.3. The van der Waals surface area contributed by atoms with Crippen LogP contribution >= 0.6 is 0 Å². The SMILES string of the molecule is CCCCC1(N)C=CC(N=Nc2ccccc2)=CC1. The molecule has 1 aliphatic carbocycles. The number of hydrogen-bond donors (Lipinski definition) is 1. The van der Waals surface area contributed by atoms with E-state index >= 15 is 0 Å².